The Morgan fingerprint density at radius 2 is 1.57 bits per heavy atom. The van der Waals surface area contributed by atoms with Crippen molar-refractivity contribution in [2.24, 2.45) is 11.8 Å². The van der Waals surface area contributed by atoms with Gasteiger partial charge in [-0.25, -0.2) is 4.79 Å². The number of rotatable bonds is 8. The van der Waals surface area contributed by atoms with Gasteiger partial charge in [-0.15, -0.1) is 0 Å². The molecule has 8 heteroatoms. The first-order chi connectivity index (χ1) is 18.0. The lowest BCUT2D eigenvalue weighted by Crippen LogP contribution is -2.40. The monoisotopic (exact) mass is 508 g/mol. The van der Waals surface area contributed by atoms with Crippen molar-refractivity contribution in [3.8, 4) is 5.75 Å². The first kappa shape index (κ1) is 26.5. The highest BCUT2D eigenvalue weighted by atomic mass is 16.6. The van der Waals surface area contributed by atoms with Crippen LogP contribution in [0.5, 0.6) is 5.75 Å². The van der Waals surface area contributed by atoms with Crippen molar-refractivity contribution >= 4 is 18.0 Å². The Bertz CT molecular complexity index is 1030. The van der Waals surface area contributed by atoms with Crippen LogP contribution >= 0.6 is 0 Å². The first-order valence-electron chi connectivity index (χ1n) is 13.1. The predicted molar refractivity (Wildman–Crippen MR) is 138 cm³/mol. The van der Waals surface area contributed by atoms with E-state index in [1.807, 2.05) is 42.5 Å². The molecule has 1 N–H and O–H groups in total. The van der Waals surface area contributed by atoms with Crippen molar-refractivity contribution in [1.29, 1.82) is 0 Å². The highest BCUT2D eigenvalue weighted by Gasteiger charge is 2.28. The van der Waals surface area contributed by atoms with Gasteiger partial charge in [-0.05, 0) is 74.3 Å². The van der Waals surface area contributed by atoms with Gasteiger partial charge in [0.1, 0.15) is 12.4 Å². The second kappa shape index (κ2) is 13.1. The standard InChI is InChI=1S/C29H36N2O6/c1-35-28(33)24-7-11-25(12-8-24)30-27(32)23-9-13-26(14-10-23)36-19-22-15-17-31(18-16-22)29(34)37-20-21-5-3-2-4-6-21/h2-6,9-10,13-14,22,24-25H,7-8,11-12,15-20H2,1H3,(H,30,32). The lowest BCUT2D eigenvalue weighted by Gasteiger charge is -2.31. The maximum absolute atomic E-state index is 12.6. The van der Waals surface area contributed by atoms with Gasteiger partial charge in [0.05, 0.1) is 19.6 Å². The van der Waals surface area contributed by atoms with E-state index in [2.05, 4.69) is 5.32 Å². The molecule has 1 aliphatic heterocycles. The molecule has 0 radical (unpaired) electrons. The summed E-state index contributed by atoms with van der Waals surface area (Å²) in [5.74, 6) is 0.753. The third-order valence-corrected chi connectivity index (χ3v) is 7.28. The fraction of sp³-hybridized carbons (Fsp3) is 0.483. The normalized spacial score (nSPS) is 20.1. The second-order valence-electron chi connectivity index (χ2n) is 9.85. The number of nitrogens with one attached hydrogen (secondary N) is 1. The van der Waals surface area contributed by atoms with Gasteiger partial charge >= 0.3 is 12.1 Å². The van der Waals surface area contributed by atoms with E-state index in [0.29, 0.717) is 31.2 Å². The highest BCUT2D eigenvalue weighted by molar-refractivity contribution is 5.94. The third-order valence-electron chi connectivity index (χ3n) is 7.28. The second-order valence-corrected chi connectivity index (χ2v) is 9.85. The first-order valence-corrected chi connectivity index (χ1v) is 13.1. The molecule has 0 unspecified atom stereocenters. The summed E-state index contributed by atoms with van der Waals surface area (Å²) in [5.41, 5.74) is 1.56. The van der Waals surface area contributed by atoms with E-state index >= 15 is 0 Å². The van der Waals surface area contributed by atoms with Crippen molar-refractivity contribution in [1.82, 2.24) is 10.2 Å². The molecule has 1 saturated carbocycles. The SMILES string of the molecule is COC(=O)C1CCC(NC(=O)c2ccc(OCC3CCN(C(=O)OCc4ccccc4)CC3)cc2)CC1. The molecule has 0 atom stereocenters. The molecule has 8 nitrogen and oxygen atoms in total. The summed E-state index contributed by atoms with van der Waals surface area (Å²) in [6.07, 6.45) is 4.47. The number of hydrogen-bond acceptors (Lipinski definition) is 6. The average Bonchev–Trinajstić information content (AvgIpc) is 2.96. The average molecular weight is 509 g/mol. The molecule has 37 heavy (non-hydrogen) atoms. The minimum atomic E-state index is -0.270. The molecule has 0 spiro atoms. The maximum Gasteiger partial charge on any atom is 0.410 e. The molecule has 1 heterocycles. The fourth-order valence-corrected chi connectivity index (χ4v) is 4.92. The van der Waals surface area contributed by atoms with Gasteiger partial charge in [0.2, 0.25) is 0 Å². The zero-order valence-electron chi connectivity index (χ0n) is 21.4. The van der Waals surface area contributed by atoms with Gasteiger partial charge < -0.3 is 24.4 Å². The molecule has 1 aliphatic carbocycles. The van der Waals surface area contributed by atoms with Crippen LogP contribution in [0.2, 0.25) is 0 Å². The molecule has 2 aliphatic rings. The summed E-state index contributed by atoms with van der Waals surface area (Å²) in [7, 11) is 1.42. The minimum absolute atomic E-state index is 0.0599. The minimum Gasteiger partial charge on any atom is -0.493 e. The van der Waals surface area contributed by atoms with Gasteiger partial charge in [-0.1, -0.05) is 30.3 Å². The smallest absolute Gasteiger partial charge is 0.410 e. The molecule has 1 saturated heterocycles. The van der Waals surface area contributed by atoms with Gasteiger partial charge in [-0.3, -0.25) is 9.59 Å². The Hall–Kier alpha value is -3.55. The molecule has 0 bridgehead atoms. The number of piperidine rings is 1. The maximum atomic E-state index is 12.6. The number of hydrogen-bond donors (Lipinski definition) is 1. The number of ether oxygens (including phenoxy) is 3. The van der Waals surface area contributed by atoms with Crippen molar-refractivity contribution in [2.45, 2.75) is 51.2 Å². The van der Waals surface area contributed by atoms with E-state index in [9.17, 15) is 14.4 Å². The molecular formula is C29H36N2O6. The molecule has 2 fully saturated rings. The van der Waals surface area contributed by atoms with E-state index in [-0.39, 0.29) is 36.5 Å². The van der Waals surface area contributed by atoms with E-state index in [1.165, 1.54) is 7.11 Å². The van der Waals surface area contributed by atoms with E-state index in [4.69, 9.17) is 14.2 Å². The Kier molecular flexibility index (Phi) is 9.40. The van der Waals surface area contributed by atoms with Crippen LogP contribution in [0.3, 0.4) is 0 Å². The number of esters is 1. The van der Waals surface area contributed by atoms with Crippen molar-refractivity contribution < 1.29 is 28.6 Å². The fourth-order valence-electron chi connectivity index (χ4n) is 4.92. The number of likely N-dealkylation sites (tertiary alicyclic amines) is 1. The van der Waals surface area contributed by atoms with Crippen molar-refractivity contribution in [3.63, 3.8) is 0 Å². The van der Waals surface area contributed by atoms with E-state index in [1.54, 1.807) is 17.0 Å². The van der Waals surface area contributed by atoms with Crippen molar-refractivity contribution in [2.75, 3.05) is 26.8 Å². The van der Waals surface area contributed by atoms with Crippen LogP contribution in [0.15, 0.2) is 54.6 Å². The van der Waals surface area contributed by atoms with Crippen LogP contribution in [0.25, 0.3) is 0 Å². The lowest BCUT2D eigenvalue weighted by molar-refractivity contribution is -0.146. The summed E-state index contributed by atoms with van der Waals surface area (Å²) in [6, 6.07) is 16.9. The van der Waals surface area contributed by atoms with Crippen LogP contribution in [0.1, 0.15) is 54.4 Å². The Balaban J connectivity index is 1.14. The van der Waals surface area contributed by atoms with E-state index < -0.39 is 0 Å². The number of benzene rings is 2. The molecule has 0 aromatic heterocycles. The predicted octanol–water partition coefficient (Wildman–Crippen LogP) is 4.58. The van der Waals surface area contributed by atoms with Gasteiger partial charge in [-0.2, -0.15) is 0 Å². The number of carbonyl (C=O) groups excluding carboxylic acids is 3. The zero-order chi connectivity index (χ0) is 26.0. The number of amides is 2. The summed E-state index contributed by atoms with van der Waals surface area (Å²) >= 11 is 0. The molecule has 4 rings (SSSR count). The number of carbonyl (C=O) groups is 3. The molecule has 198 valence electrons. The quantitative estimate of drug-likeness (QED) is 0.525. The van der Waals surface area contributed by atoms with Crippen LogP contribution in [-0.2, 0) is 20.9 Å². The van der Waals surface area contributed by atoms with Crippen LogP contribution < -0.4 is 10.1 Å². The molecular weight excluding hydrogens is 472 g/mol. The third kappa shape index (κ3) is 7.71. The topological polar surface area (TPSA) is 94.2 Å². The lowest BCUT2D eigenvalue weighted by atomic mass is 9.86. The van der Waals surface area contributed by atoms with Gasteiger partial charge in [0.15, 0.2) is 0 Å². The van der Waals surface area contributed by atoms with Crippen LogP contribution in [0.4, 0.5) is 4.79 Å². The Labute approximate surface area is 218 Å². The number of methoxy groups -OCH3 is 1. The van der Waals surface area contributed by atoms with Crippen molar-refractivity contribution in [3.05, 3.63) is 65.7 Å². The Morgan fingerprint density at radius 1 is 0.892 bits per heavy atom. The van der Waals surface area contributed by atoms with E-state index in [0.717, 1.165) is 49.8 Å². The summed E-state index contributed by atoms with van der Waals surface area (Å²) < 4.78 is 16.2. The largest absolute Gasteiger partial charge is 0.493 e. The van der Waals surface area contributed by atoms with Gasteiger partial charge in [0.25, 0.3) is 5.91 Å². The highest BCUT2D eigenvalue weighted by Crippen LogP contribution is 2.26. The summed E-state index contributed by atoms with van der Waals surface area (Å²) in [6.45, 7) is 2.17. The zero-order valence-corrected chi connectivity index (χ0v) is 21.4. The van der Waals surface area contributed by atoms with Gasteiger partial charge in [0, 0.05) is 24.7 Å². The van der Waals surface area contributed by atoms with Crippen LogP contribution in [-0.4, -0.2) is 55.7 Å². The molecule has 2 aromatic rings. The molecule has 2 aromatic carbocycles. The Morgan fingerprint density at radius 3 is 2.22 bits per heavy atom. The van der Waals surface area contributed by atoms with Crippen LogP contribution in [0, 0.1) is 11.8 Å². The summed E-state index contributed by atoms with van der Waals surface area (Å²) in [5, 5.41) is 3.07. The summed E-state index contributed by atoms with van der Waals surface area (Å²) in [4.78, 5) is 38.4. The number of nitrogens with zero attached hydrogens (tertiary/aromatic N) is 1. The molecule has 2 amide bonds.